The SMILES string of the molecule is Cc1cccc(C(C)C)c1NC(=O)COC(=O)CSc1ccc2c(c1)OCCO2. The Morgan fingerprint density at radius 1 is 1.14 bits per heavy atom. The number of anilines is 1. The molecule has 1 aliphatic heterocycles. The second kappa shape index (κ2) is 9.69. The molecule has 1 amide bonds. The molecule has 6 nitrogen and oxygen atoms in total. The Kier molecular flexibility index (Phi) is 7.04. The van der Waals surface area contributed by atoms with Gasteiger partial charge in [0, 0.05) is 10.6 Å². The van der Waals surface area contributed by atoms with Crippen molar-refractivity contribution in [3.05, 3.63) is 47.5 Å². The number of para-hydroxylation sites is 1. The third-order valence-electron chi connectivity index (χ3n) is 4.43. The molecule has 1 N–H and O–H groups in total. The Bertz CT molecular complexity index is 897. The smallest absolute Gasteiger partial charge is 0.316 e. The fraction of sp³-hybridized carbons (Fsp3) is 0.364. The van der Waals surface area contributed by atoms with Gasteiger partial charge in [0.05, 0.1) is 5.75 Å². The minimum atomic E-state index is -0.450. The molecule has 0 radical (unpaired) electrons. The van der Waals surface area contributed by atoms with Crippen LogP contribution >= 0.6 is 11.8 Å². The van der Waals surface area contributed by atoms with E-state index < -0.39 is 5.97 Å². The van der Waals surface area contributed by atoms with E-state index in [9.17, 15) is 9.59 Å². The zero-order valence-corrected chi connectivity index (χ0v) is 17.6. The number of carbonyl (C=O) groups excluding carboxylic acids is 2. The summed E-state index contributed by atoms with van der Waals surface area (Å²) in [4.78, 5) is 25.2. The first-order chi connectivity index (χ1) is 13.9. The van der Waals surface area contributed by atoms with Crippen LogP contribution in [0.1, 0.15) is 30.9 Å². The van der Waals surface area contributed by atoms with E-state index in [-0.39, 0.29) is 24.2 Å². The summed E-state index contributed by atoms with van der Waals surface area (Å²) in [5.74, 6) is 0.960. The standard InChI is InChI=1S/C22H25NO5S/c1-14(2)17-6-4-5-15(3)22(17)23-20(24)12-28-21(25)13-29-16-7-8-18-19(11-16)27-10-9-26-18/h4-8,11,14H,9-10,12-13H2,1-3H3,(H,23,24). The summed E-state index contributed by atoms with van der Waals surface area (Å²) in [5.41, 5.74) is 2.82. The highest BCUT2D eigenvalue weighted by molar-refractivity contribution is 8.00. The number of esters is 1. The molecule has 1 heterocycles. The van der Waals surface area contributed by atoms with Crippen LogP contribution in [0.4, 0.5) is 5.69 Å². The van der Waals surface area contributed by atoms with E-state index in [0.29, 0.717) is 24.7 Å². The number of benzene rings is 2. The predicted octanol–water partition coefficient (Wildman–Crippen LogP) is 4.16. The van der Waals surface area contributed by atoms with Gasteiger partial charge in [0.15, 0.2) is 18.1 Å². The maximum atomic E-state index is 12.3. The maximum Gasteiger partial charge on any atom is 0.316 e. The molecule has 0 aliphatic carbocycles. The Labute approximate surface area is 174 Å². The first-order valence-corrected chi connectivity index (χ1v) is 10.5. The molecule has 2 aromatic carbocycles. The van der Waals surface area contributed by atoms with Gasteiger partial charge in [-0.05, 0) is 42.2 Å². The Hall–Kier alpha value is -2.67. The number of ether oxygens (including phenoxy) is 3. The summed E-state index contributed by atoms with van der Waals surface area (Å²) >= 11 is 1.32. The van der Waals surface area contributed by atoms with Crippen molar-refractivity contribution in [2.24, 2.45) is 0 Å². The van der Waals surface area contributed by atoms with Gasteiger partial charge < -0.3 is 19.5 Å². The topological polar surface area (TPSA) is 73.9 Å². The number of hydrogen-bond acceptors (Lipinski definition) is 6. The van der Waals surface area contributed by atoms with E-state index in [2.05, 4.69) is 19.2 Å². The molecule has 0 bridgehead atoms. The van der Waals surface area contributed by atoms with Gasteiger partial charge in [0.25, 0.3) is 5.91 Å². The molecule has 0 fully saturated rings. The van der Waals surface area contributed by atoms with Gasteiger partial charge in [0.2, 0.25) is 0 Å². The van der Waals surface area contributed by atoms with Crippen molar-refractivity contribution in [3.8, 4) is 11.5 Å². The molecule has 3 rings (SSSR count). The van der Waals surface area contributed by atoms with Crippen LogP contribution in [0.3, 0.4) is 0 Å². The molecular formula is C22H25NO5S. The monoisotopic (exact) mass is 415 g/mol. The van der Waals surface area contributed by atoms with E-state index in [4.69, 9.17) is 14.2 Å². The molecule has 0 atom stereocenters. The Morgan fingerprint density at radius 2 is 1.90 bits per heavy atom. The normalized spacial score (nSPS) is 12.6. The van der Waals surface area contributed by atoms with E-state index in [1.165, 1.54) is 11.8 Å². The lowest BCUT2D eigenvalue weighted by Gasteiger charge is -2.18. The van der Waals surface area contributed by atoms with E-state index in [0.717, 1.165) is 21.7 Å². The minimum absolute atomic E-state index is 0.106. The van der Waals surface area contributed by atoms with Crippen LogP contribution in [0.2, 0.25) is 0 Å². The fourth-order valence-electron chi connectivity index (χ4n) is 2.96. The summed E-state index contributed by atoms with van der Waals surface area (Å²) in [6, 6.07) is 11.4. The summed E-state index contributed by atoms with van der Waals surface area (Å²) in [5, 5.41) is 2.87. The van der Waals surface area contributed by atoms with E-state index >= 15 is 0 Å². The highest BCUT2D eigenvalue weighted by Gasteiger charge is 2.15. The first kappa shape index (κ1) is 21.0. The lowest BCUT2D eigenvalue weighted by Crippen LogP contribution is -2.22. The molecule has 2 aromatic rings. The fourth-order valence-corrected chi connectivity index (χ4v) is 3.68. The van der Waals surface area contributed by atoms with Crippen molar-refractivity contribution in [2.45, 2.75) is 31.6 Å². The van der Waals surface area contributed by atoms with Crippen molar-refractivity contribution >= 4 is 29.3 Å². The van der Waals surface area contributed by atoms with Crippen molar-refractivity contribution in [2.75, 3.05) is 30.9 Å². The third-order valence-corrected chi connectivity index (χ3v) is 5.39. The minimum Gasteiger partial charge on any atom is -0.486 e. The first-order valence-electron chi connectivity index (χ1n) is 9.51. The highest BCUT2D eigenvalue weighted by atomic mass is 32.2. The van der Waals surface area contributed by atoms with Crippen molar-refractivity contribution < 1.29 is 23.8 Å². The van der Waals surface area contributed by atoms with Crippen LogP contribution in [0, 0.1) is 6.92 Å². The number of thioether (sulfide) groups is 1. The molecule has 0 unspecified atom stereocenters. The van der Waals surface area contributed by atoms with E-state index in [1.807, 2.05) is 43.3 Å². The average molecular weight is 416 g/mol. The largest absolute Gasteiger partial charge is 0.486 e. The van der Waals surface area contributed by atoms with Crippen molar-refractivity contribution in [3.63, 3.8) is 0 Å². The third kappa shape index (κ3) is 5.67. The van der Waals surface area contributed by atoms with Gasteiger partial charge in [-0.25, -0.2) is 0 Å². The van der Waals surface area contributed by atoms with Gasteiger partial charge in [-0.15, -0.1) is 11.8 Å². The van der Waals surface area contributed by atoms with Crippen LogP contribution in [-0.2, 0) is 14.3 Å². The lowest BCUT2D eigenvalue weighted by atomic mass is 9.98. The molecule has 1 aliphatic rings. The number of aryl methyl sites for hydroxylation is 1. The summed E-state index contributed by atoms with van der Waals surface area (Å²) in [6.07, 6.45) is 0. The molecule has 0 aromatic heterocycles. The zero-order valence-electron chi connectivity index (χ0n) is 16.8. The van der Waals surface area contributed by atoms with Gasteiger partial charge in [0.1, 0.15) is 13.2 Å². The van der Waals surface area contributed by atoms with Crippen LogP contribution in [-0.4, -0.2) is 37.4 Å². The number of amides is 1. The summed E-state index contributed by atoms with van der Waals surface area (Å²) in [6.45, 7) is 6.82. The molecule has 0 saturated carbocycles. The molecular weight excluding hydrogens is 390 g/mol. The van der Waals surface area contributed by atoms with Gasteiger partial charge in [-0.2, -0.15) is 0 Å². The molecule has 29 heavy (non-hydrogen) atoms. The van der Waals surface area contributed by atoms with E-state index in [1.54, 1.807) is 0 Å². The zero-order chi connectivity index (χ0) is 20.8. The second-order valence-electron chi connectivity index (χ2n) is 7.00. The van der Waals surface area contributed by atoms with Crippen molar-refractivity contribution in [1.29, 1.82) is 0 Å². The Morgan fingerprint density at radius 3 is 2.66 bits per heavy atom. The quantitative estimate of drug-likeness (QED) is 0.541. The van der Waals surface area contributed by atoms with Crippen molar-refractivity contribution in [1.82, 2.24) is 0 Å². The maximum absolute atomic E-state index is 12.3. The molecule has 0 spiro atoms. The van der Waals surface area contributed by atoms with Gasteiger partial charge in [-0.1, -0.05) is 32.0 Å². The average Bonchev–Trinajstić information content (AvgIpc) is 2.71. The van der Waals surface area contributed by atoms with Crippen LogP contribution in [0.5, 0.6) is 11.5 Å². The molecule has 154 valence electrons. The summed E-state index contributed by atoms with van der Waals surface area (Å²) in [7, 11) is 0. The number of nitrogens with one attached hydrogen (secondary N) is 1. The number of rotatable bonds is 7. The molecule has 0 saturated heterocycles. The predicted molar refractivity (Wildman–Crippen MR) is 113 cm³/mol. The highest BCUT2D eigenvalue weighted by Crippen LogP contribution is 2.34. The van der Waals surface area contributed by atoms with Crippen LogP contribution in [0.15, 0.2) is 41.3 Å². The summed E-state index contributed by atoms with van der Waals surface area (Å²) < 4.78 is 16.1. The van der Waals surface area contributed by atoms with Crippen LogP contribution in [0.25, 0.3) is 0 Å². The second-order valence-corrected chi connectivity index (χ2v) is 8.05. The van der Waals surface area contributed by atoms with Crippen LogP contribution < -0.4 is 14.8 Å². The number of carbonyl (C=O) groups is 2. The molecule has 7 heteroatoms. The van der Waals surface area contributed by atoms with Gasteiger partial charge in [-0.3, -0.25) is 9.59 Å². The lowest BCUT2D eigenvalue weighted by molar-refractivity contribution is -0.144. The number of hydrogen-bond donors (Lipinski definition) is 1. The number of fused-ring (bicyclic) bond motifs is 1. The Balaban J connectivity index is 1.48. The van der Waals surface area contributed by atoms with Gasteiger partial charge >= 0.3 is 5.97 Å².